The molecular formula is C8H16Li2N2O8P2. The Kier molecular flexibility index (Phi) is 15.9. The molecule has 22 heavy (non-hydrogen) atoms. The van der Waals surface area contributed by atoms with Gasteiger partial charge < -0.3 is 34.6 Å². The van der Waals surface area contributed by atoms with E-state index in [1.807, 2.05) is 0 Å². The number of hydrogen-bond acceptors (Lipinski definition) is 8. The molecule has 0 aromatic rings. The van der Waals surface area contributed by atoms with Crippen molar-refractivity contribution in [2.24, 2.45) is 10.3 Å². The second-order valence-corrected chi connectivity index (χ2v) is 7.10. The van der Waals surface area contributed by atoms with Gasteiger partial charge in [-0.1, -0.05) is 23.2 Å². The maximum Gasteiger partial charge on any atom is 1.00 e. The first-order valence-electron chi connectivity index (χ1n) is 5.63. The first-order chi connectivity index (χ1) is 9.12. The van der Waals surface area contributed by atoms with Crippen molar-refractivity contribution in [1.29, 1.82) is 0 Å². The van der Waals surface area contributed by atoms with E-state index >= 15 is 0 Å². The summed E-state index contributed by atoms with van der Waals surface area (Å²) in [4.78, 5) is 38.6. The molecule has 0 radical (unpaired) electrons. The zero-order chi connectivity index (χ0) is 15.8. The molecule has 0 unspecified atom stereocenters. The van der Waals surface area contributed by atoms with Crippen molar-refractivity contribution in [3.05, 3.63) is 0 Å². The number of unbranched alkanes of at least 4 members (excludes halogenated alkanes) is 3. The molecule has 10 nitrogen and oxygen atoms in total. The molecule has 14 heteroatoms. The Bertz CT molecular complexity index is 419. The van der Waals surface area contributed by atoms with Crippen LogP contribution in [0.2, 0.25) is 0 Å². The molecule has 0 saturated heterocycles. The summed E-state index contributed by atoms with van der Waals surface area (Å²) in [5, 5.41) is 21.7. The average Bonchev–Trinajstić information content (AvgIpc) is 2.29. The third kappa shape index (κ3) is 11.9. The molecule has 0 spiro atoms. The number of rotatable bonds is 9. The number of oxime groups is 2. The van der Waals surface area contributed by atoms with Crippen LogP contribution in [0, 0.1) is 0 Å². The van der Waals surface area contributed by atoms with Gasteiger partial charge >= 0.3 is 45.3 Å². The summed E-state index contributed by atoms with van der Waals surface area (Å²) in [6.45, 7) is 0. The minimum atomic E-state index is -5.03. The van der Waals surface area contributed by atoms with Crippen molar-refractivity contribution in [1.82, 2.24) is 0 Å². The predicted molar refractivity (Wildman–Crippen MR) is 65.8 cm³/mol. The van der Waals surface area contributed by atoms with Crippen LogP contribution in [0.25, 0.3) is 0 Å². The molecule has 0 aromatic carbocycles. The van der Waals surface area contributed by atoms with E-state index in [-0.39, 0.29) is 57.0 Å². The maximum absolute atomic E-state index is 10.8. The Morgan fingerprint density at radius 1 is 0.818 bits per heavy atom. The van der Waals surface area contributed by atoms with E-state index in [0.717, 1.165) is 0 Å². The molecule has 4 N–H and O–H groups in total. The fourth-order valence-electron chi connectivity index (χ4n) is 1.42. The summed E-state index contributed by atoms with van der Waals surface area (Å²) in [7, 11) is -9.58. The van der Waals surface area contributed by atoms with Crippen LogP contribution in [-0.4, -0.2) is 31.1 Å². The number of hydrogen-bond donors (Lipinski definition) is 4. The maximum atomic E-state index is 10.8. The summed E-state index contributed by atoms with van der Waals surface area (Å²) in [6.07, 6.45) is 1.24. The Morgan fingerprint density at radius 3 is 1.45 bits per heavy atom. The molecule has 0 bridgehead atoms. The predicted octanol–water partition coefficient (Wildman–Crippen LogP) is -6.00. The quantitative estimate of drug-likeness (QED) is 0.0794. The molecule has 0 aromatic heterocycles. The first kappa shape index (κ1) is 27.3. The molecule has 0 rings (SSSR count). The van der Waals surface area contributed by atoms with Crippen LogP contribution >= 0.6 is 15.2 Å². The van der Waals surface area contributed by atoms with Gasteiger partial charge in [-0.05, 0) is 26.9 Å². The molecule has 0 saturated carbocycles. The van der Waals surface area contributed by atoms with E-state index < -0.39 is 26.1 Å². The van der Waals surface area contributed by atoms with Gasteiger partial charge in [0.1, 0.15) is 0 Å². The van der Waals surface area contributed by atoms with Crippen LogP contribution in [0.3, 0.4) is 0 Å². The Morgan fingerprint density at radius 2 is 1.18 bits per heavy atom. The standard InChI is InChI=1S/C8H18N2O8P2.2Li/c11-9-7(19(13,14)15)5-3-1-2-4-6-8(10-12)20(16,17)18;;/h11-12H,1-6H2,(H2,13,14,15)(H2,16,17,18);;/q;2*+1/p-2. The monoisotopic (exact) mass is 344 g/mol. The molecular weight excluding hydrogens is 328 g/mol. The van der Waals surface area contributed by atoms with Crippen molar-refractivity contribution in [3.63, 3.8) is 0 Å². The minimum absolute atomic E-state index is 0. The largest absolute Gasteiger partial charge is 1.00 e. The van der Waals surface area contributed by atoms with Gasteiger partial charge in [-0.15, -0.1) is 0 Å². The van der Waals surface area contributed by atoms with Crippen molar-refractivity contribution in [2.45, 2.75) is 38.5 Å². The minimum Gasteiger partial charge on any atom is -0.806 e. The smallest absolute Gasteiger partial charge is 0.806 e. The van der Waals surface area contributed by atoms with Gasteiger partial charge in [0.15, 0.2) is 5.45 Å². The average molecular weight is 344 g/mol. The van der Waals surface area contributed by atoms with E-state index in [4.69, 9.17) is 20.2 Å². The van der Waals surface area contributed by atoms with E-state index in [1.165, 1.54) is 0 Å². The van der Waals surface area contributed by atoms with E-state index in [1.54, 1.807) is 0 Å². The Balaban J connectivity index is -0.00000180. The van der Waals surface area contributed by atoms with Gasteiger partial charge in [0.25, 0.3) is 0 Å². The molecule has 0 atom stereocenters. The molecule has 0 aliphatic rings. The molecule has 0 heterocycles. The van der Waals surface area contributed by atoms with Gasteiger partial charge in [-0.3, -0.25) is 4.57 Å². The topological polar surface area (TPSA) is 186 Å². The first-order valence-corrected chi connectivity index (χ1v) is 8.79. The summed E-state index contributed by atoms with van der Waals surface area (Å²) in [6, 6.07) is 0. The SMILES string of the molecule is O=P([O-])([O-])C(CCCCCCC(=NO)P(=O)(O)O)=NO.[Li+].[Li+]. The van der Waals surface area contributed by atoms with Crippen LogP contribution in [0.1, 0.15) is 38.5 Å². The molecule has 0 aliphatic heterocycles. The van der Waals surface area contributed by atoms with Crippen LogP contribution in [0.4, 0.5) is 0 Å². The van der Waals surface area contributed by atoms with Gasteiger partial charge in [0, 0.05) is 6.42 Å². The van der Waals surface area contributed by atoms with Crippen LogP contribution < -0.4 is 47.5 Å². The Hall–Kier alpha value is 0.435. The van der Waals surface area contributed by atoms with Crippen molar-refractivity contribution in [3.8, 4) is 0 Å². The fraction of sp³-hybridized carbons (Fsp3) is 0.750. The summed E-state index contributed by atoms with van der Waals surface area (Å²) < 4.78 is 21.4. The van der Waals surface area contributed by atoms with Crippen LogP contribution in [0.15, 0.2) is 10.3 Å². The van der Waals surface area contributed by atoms with E-state index in [9.17, 15) is 18.9 Å². The van der Waals surface area contributed by atoms with Gasteiger partial charge in [-0.25, -0.2) is 0 Å². The van der Waals surface area contributed by atoms with E-state index in [0.29, 0.717) is 19.3 Å². The summed E-state index contributed by atoms with van der Waals surface area (Å²) in [5.41, 5.74) is -1.43. The third-order valence-electron chi connectivity index (χ3n) is 2.43. The van der Waals surface area contributed by atoms with E-state index in [2.05, 4.69) is 10.3 Å². The second-order valence-electron chi connectivity index (χ2n) is 3.99. The normalized spacial score (nSPS) is 13.3. The molecule has 0 aliphatic carbocycles. The fourth-order valence-corrected chi connectivity index (χ4v) is 2.52. The summed E-state index contributed by atoms with van der Waals surface area (Å²) in [5.74, 6) is 0. The zero-order valence-corrected chi connectivity index (χ0v) is 14.2. The van der Waals surface area contributed by atoms with Crippen molar-refractivity contribution >= 4 is 26.1 Å². The van der Waals surface area contributed by atoms with Crippen LogP contribution in [0.5, 0.6) is 0 Å². The molecule has 118 valence electrons. The number of nitrogens with zero attached hydrogens (tertiary/aromatic N) is 2. The van der Waals surface area contributed by atoms with Gasteiger partial charge in [0.05, 0.1) is 5.45 Å². The second kappa shape index (κ2) is 12.8. The summed E-state index contributed by atoms with van der Waals surface area (Å²) >= 11 is 0. The van der Waals surface area contributed by atoms with Gasteiger partial charge in [0.2, 0.25) is 0 Å². The van der Waals surface area contributed by atoms with Crippen molar-refractivity contribution < 1.29 is 76.8 Å². The Labute approximate surface area is 151 Å². The zero-order valence-electron chi connectivity index (χ0n) is 12.5. The van der Waals surface area contributed by atoms with Gasteiger partial charge in [-0.2, -0.15) is 0 Å². The van der Waals surface area contributed by atoms with Crippen molar-refractivity contribution in [2.75, 3.05) is 0 Å². The molecule has 0 fully saturated rings. The molecule has 0 amide bonds. The van der Waals surface area contributed by atoms with Crippen LogP contribution in [-0.2, 0) is 9.13 Å². The third-order valence-corrected chi connectivity index (χ3v) is 4.36.